The van der Waals surface area contributed by atoms with E-state index in [1.165, 1.54) is 6.08 Å². The maximum atomic E-state index is 11.6. The Morgan fingerprint density at radius 2 is 0.848 bits per heavy atom. The molecule has 0 aliphatic heterocycles. The predicted molar refractivity (Wildman–Crippen MR) is 159 cm³/mol. The molecule has 0 aliphatic rings. The molecule has 16 heteroatoms. The lowest BCUT2D eigenvalue weighted by molar-refractivity contribution is -0.164. The molecular weight excluding hydrogens is 616 g/mol. The van der Waals surface area contributed by atoms with Gasteiger partial charge < -0.3 is 38.3 Å². The highest BCUT2D eigenvalue weighted by Gasteiger charge is 2.31. The average molecular weight is 665 g/mol. The second-order valence-electron chi connectivity index (χ2n) is 8.34. The number of hydrogen-bond donors (Lipinski definition) is 1. The first kappa shape index (κ1) is 45.9. The van der Waals surface area contributed by atoms with Crippen molar-refractivity contribution < 1.29 is 76.6 Å². The Hall–Kier alpha value is -4.50. The fraction of sp³-hybridized carbons (Fsp3) is 0.667. The number of hydrogen-bond acceptors (Lipinski definition) is 15. The SMILES string of the molecule is C=CCOC(=O)CCC(C(=O)OCC)C(=O)OCC.CCOC(=O)C(CCC(=O)O)C(=O)OCC.CCOC(=O)CC(=O)OCC. The third-order valence-electron chi connectivity index (χ3n) is 4.83. The van der Waals surface area contributed by atoms with Crippen LogP contribution in [0.3, 0.4) is 0 Å². The van der Waals surface area contributed by atoms with Crippen LogP contribution < -0.4 is 0 Å². The van der Waals surface area contributed by atoms with E-state index in [9.17, 15) is 38.4 Å². The minimum Gasteiger partial charge on any atom is -0.481 e. The van der Waals surface area contributed by atoms with Crippen molar-refractivity contribution >= 4 is 47.8 Å². The number of carboxylic acids is 1. The van der Waals surface area contributed by atoms with Crippen molar-refractivity contribution in [2.24, 2.45) is 11.8 Å². The molecule has 0 radical (unpaired) electrons. The molecule has 16 nitrogen and oxygen atoms in total. The maximum Gasteiger partial charge on any atom is 0.320 e. The molecule has 0 fully saturated rings. The smallest absolute Gasteiger partial charge is 0.320 e. The maximum absolute atomic E-state index is 11.6. The summed E-state index contributed by atoms with van der Waals surface area (Å²) in [5.74, 6) is -7.71. The molecule has 46 heavy (non-hydrogen) atoms. The lowest BCUT2D eigenvalue weighted by Gasteiger charge is -2.13. The van der Waals surface area contributed by atoms with Crippen LogP contribution in [0, 0.1) is 11.8 Å². The van der Waals surface area contributed by atoms with Crippen molar-refractivity contribution in [2.75, 3.05) is 46.2 Å². The molecule has 0 aromatic heterocycles. The van der Waals surface area contributed by atoms with Crippen molar-refractivity contribution in [1.82, 2.24) is 0 Å². The van der Waals surface area contributed by atoms with Crippen molar-refractivity contribution in [2.45, 2.75) is 73.6 Å². The van der Waals surface area contributed by atoms with Gasteiger partial charge in [0, 0.05) is 12.8 Å². The van der Waals surface area contributed by atoms with Crippen molar-refractivity contribution in [1.29, 1.82) is 0 Å². The summed E-state index contributed by atoms with van der Waals surface area (Å²) in [7, 11) is 0. The molecular formula is C30H48O16. The summed E-state index contributed by atoms with van der Waals surface area (Å²) < 4.78 is 32.7. The summed E-state index contributed by atoms with van der Waals surface area (Å²) in [5.41, 5.74) is 0. The molecule has 0 atom stereocenters. The highest BCUT2D eigenvalue weighted by Crippen LogP contribution is 2.13. The van der Waals surface area contributed by atoms with Gasteiger partial charge in [0.05, 0.1) is 39.6 Å². The van der Waals surface area contributed by atoms with Gasteiger partial charge in [0.25, 0.3) is 0 Å². The summed E-state index contributed by atoms with van der Waals surface area (Å²) >= 11 is 0. The third kappa shape index (κ3) is 25.9. The quantitative estimate of drug-likeness (QED) is 0.0853. The standard InChI is InChI=1S/C13H20O6.C10H16O6.C7H12O4/c1-4-9-19-11(14)8-7-10(12(15)17-5-2)13(16)18-6-3;1-3-15-9(13)7(5-6-8(11)12)10(14)16-4-2;1-3-10-6(8)5-7(9)11-4-2/h4,10H,1,5-9H2,2-3H3;7H,3-6H2,1-2H3,(H,11,12);3-5H2,1-2H3. The lowest BCUT2D eigenvalue weighted by atomic mass is 10.0. The molecule has 0 spiro atoms. The molecule has 0 aromatic carbocycles. The van der Waals surface area contributed by atoms with E-state index in [1.54, 1.807) is 41.5 Å². The number of ether oxygens (including phenoxy) is 7. The number of carboxylic acid groups (broad SMARTS) is 1. The van der Waals surface area contributed by atoms with E-state index >= 15 is 0 Å². The van der Waals surface area contributed by atoms with Gasteiger partial charge in [-0.2, -0.15) is 0 Å². The van der Waals surface area contributed by atoms with E-state index in [-0.39, 0.29) is 78.4 Å². The van der Waals surface area contributed by atoms with E-state index in [2.05, 4.69) is 25.5 Å². The normalized spacial score (nSPS) is 9.65. The van der Waals surface area contributed by atoms with E-state index < -0.39 is 59.6 Å². The summed E-state index contributed by atoms with van der Waals surface area (Å²) in [4.78, 5) is 88.8. The Kier molecular flexibility index (Phi) is 30.5. The van der Waals surface area contributed by atoms with Crippen LogP contribution >= 0.6 is 0 Å². The molecule has 0 aromatic rings. The molecule has 1 N–H and O–H groups in total. The number of aliphatic carboxylic acids is 1. The zero-order valence-corrected chi connectivity index (χ0v) is 27.5. The number of esters is 7. The van der Waals surface area contributed by atoms with Gasteiger partial charge in [-0.05, 0) is 54.4 Å². The molecule has 0 heterocycles. The van der Waals surface area contributed by atoms with Gasteiger partial charge in [0.1, 0.15) is 13.0 Å². The van der Waals surface area contributed by atoms with Gasteiger partial charge in [-0.15, -0.1) is 0 Å². The van der Waals surface area contributed by atoms with E-state index in [1.807, 2.05) is 0 Å². The van der Waals surface area contributed by atoms with Crippen molar-refractivity contribution in [3.8, 4) is 0 Å². The Morgan fingerprint density at radius 1 is 0.522 bits per heavy atom. The van der Waals surface area contributed by atoms with Crippen LogP contribution in [-0.4, -0.2) is 99.1 Å². The van der Waals surface area contributed by atoms with Crippen LogP contribution in [0.15, 0.2) is 12.7 Å². The summed E-state index contributed by atoms with van der Waals surface area (Å²) in [5, 5.41) is 8.48. The molecule has 0 aliphatic carbocycles. The molecule has 0 amide bonds. The Bertz CT molecular complexity index is 907. The van der Waals surface area contributed by atoms with Gasteiger partial charge in [-0.1, -0.05) is 12.7 Å². The van der Waals surface area contributed by atoms with Crippen LogP contribution in [0.25, 0.3) is 0 Å². The molecule has 0 saturated heterocycles. The van der Waals surface area contributed by atoms with E-state index in [0.717, 1.165) is 0 Å². The average Bonchev–Trinajstić information content (AvgIpc) is 2.97. The first-order valence-electron chi connectivity index (χ1n) is 14.8. The molecule has 0 bridgehead atoms. The first-order valence-corrected chi connectivity index (χ1v) is 14.8. The number of carbonyl (C=O) groups excluding carboxylic acids is 7. The van der Waals surface area contributed by atoms with Crippen molar-refractivity contribution in [3.05, 3.63) is 12.7 Å². The minimum atomic E-state index is -1.14. The van der Waals surface area contributed by atoms with E-state index in [0.29, 0.717) is 0 Å². The molecule has 0 unspecified atom stereocenters. The van der Waals surface area contributed by atoms with Gasteiger partial charge in [0.2, 0.25) is 0 Å². The Morgan fingerprint density at radius 3 is 1.13 bits per heavy atom. The highest BCUT2D eigenvalue weighted by molar-refractivity contribution is 5.96. The number of rotatable bonds is 20. The lowest BCUT2D eigenvalue weighted by Crippen LogP contribution is -2.29. The van der Waals surface area contributed by atoms with Gasteiger partial charge in [-0.3, -0.25) is 38.4 Å². The second kappa shape index (κ2) is 30.5. The predicted octanol–water partition coefficient (Wildman–Crippen LogP) is 2.33. The van der Waals surface area contributed by atoms with Gasteiger partial charge >= 0.3 is 47.8 Å². The Balaban J connectivity index is -0.000000625. The molecule has 0 saturated carbocycles. The topological polar surface area (TPSA) is 221 Å². The number of carbonyl (C=O) groups is 8. The zero-order valence-electron chi connectivity index (χ0n) is 27.5. The fourth-order valence-electron chi connectivity index (χ4n) is 2.93. The summed E-state index contributed by atoms with van der Waals surface area (Å²) in [6.45, 7) is 14.6. The largest absolute Gasteiger partial charge is 0.481 e. The van der Waals surface area contributed by atoms with Crippen molar-refractivity contribution in [3.63, 3.8) is 0 Å². The molecule has 264 valence electrons. The zero-order chi connectivity index (χ0) is 35.9. The van der Waals surface area contributed by atoms with Gasteiger partial charge in [0.15, 0.2) is 11.8 Å². The summed E-state index contributed by atoms with van der Waals surface area (Å²) in [6.07, 6.45) is 0.715. The Labute approximate surface area is 269 Å². The molecule has 0 rings (SSSR count). The highest BCUT2D eigenvalue weighted by atomic mass is 16.6. The third-order valence-corrected chi connectivity index (χ3v) is 4.83. The van der Waals surface area contributed by atoms with Crippen LogP contribution in [0.2, 0.25) is 0 Å². The van der Waals surface area contributed by atoms with Crippen LogP contribution in [0.1, 0.15) is 73.6 Å². The van der Waals surface area contributed by atoms with E-state index in [4.69, 9.17) is 19.3 Å². The van der Waals surface area contributed by atoms with Crippen LogP contribution in [0.4, 0.5) is 0 Å². The van der Waals surface area contributed by atoms with Gasteiger partial charge in [-0.25, -0.2) is 0 Å². The fourth-order valence-corrected chi connectivity index (χ4v) is 2.93. The first-order chi connectivity index (χ1) is 21.8. The summed E-state index contributed by atoms with van der Waals surface area (Å²) in [6, 6.07) is 0. The minimum absolute atomic E-state index is 0.00758. The van der Waals surface area contributed by atoms with Crippen LogP contribution in [-0.2, 0) is 71.5 Å². The monoisotopic (exact) mass is 664 g/mol. The van der Waals surface area contributed by atoms with Crippen LogP contribution in [0.5, 0.6) is 0 Å². The second-order valence-corrected chi connectivity index (χ2v) is 8.34.